The Morgan fingerprint density at radius 2 is 2.22 bits per heavy atom. The summed E-state index contributed by atoms with van der Waals surface area (Å²) < 4.78 is 7.68. The van der Waals surface area contributed by atoms with Crippen LogP contribution in [0.3, 0.4) is 0 Å². The Balaban J connectivity index is 1.97. The molecule has 0 saturated heterocycles. The van der Waals surface area contributed by atoms with Gasteiger partial charge >= 0.3 is 0 Å². The largest absolute Gasteiger partial charge is 0.486 e. The van der Waals surface area contributed by atoms with Crippen LogP contribution in [-0.2, 0) is 13.2 Å². The normalized spacial score (nSPS) is 10.6. The van der Waals surface area contributed by atoms with Crippen LogP contribution in [0.1, 0.15) is 10.7 Å². The number of ether oxygens (including phenoxy) is 1. The van der Waals surface area contributed by atoms with Crippen molar-refractivity contribution in [3.05, 3.63) is 43.2 Å². The first-order valence-corrected chi connectivity index (χ1v) is 7.81. The Bertz CT molecular complexity index is 531. The summed E-state index contributed by atoms with van der Waals surface area (Å²) in [6, 6.07) is 5.84. The number of rotatable bonds is 5. The number of thiazole rings is 1. The molecule has 6 heteroatoms. The van der Waals surface area contributed by atoms with Gasteiger partial charge in [0, 0.05) is 16.4 Å². The molecule has 1 heterocycles. The zero-order valence-corrected chi connectivity index (χ0v) is 13.7. The molecule has 0 atom stereocenters. The summed E-state index contributed by atoms with van der Waals surface area (Å²) in [4.78, 5) is 4.47. The number of halogens is 2. The third kappa shape index (κ3) is 3.78. The van der Waals surface area contributed by atoms with Gasteiger partial charge in [-0.2, -0.15) is 0 Å². The van der Waals surface area contributed by atoms with Crippen LogP contribution in [-0.4, -0.2) is 12.0 Å². The number of hydrogen-bond donors (Lipinski definition) is 1. The summed E-state index contributed by atoms with van der Waals surface area (Å²) in [6.45, 7) is 1.28. The molecule has 0 amide bonds. The van der Waals surface area contributed by atoms with Crippen molar-refractivity contribution >= 4 is 43.2 Å². The van der Waals surface area contributed by atoms with E-state index in [1.54, 1.807) is 11.3 Å². The summed E-state index contributed by atoms with van der Waals surface area (Å²) in [5.74, 6) is 0.821. The summed E-state index contributed by atoms with van der Waals surface area (Å²) in [7, 11) is 1.91. The third-order valence-electron chi connectivity index (χ3n) is 2.20. The maximum atomic E-state index is 5.73. The predicted molar refractivity (Wildman–Crippen MR) is 81.1 cm³/mol. The van der Waals surface area contributed by atoms with Gasteiger partial charge in [0.1, 0.15) is 17.4 Å². The summed E-state index contributed by atoms with van der Waals surface area (Å²) >= 11 is 8.52. The third-order valence-corrected chi connectivity index (χ3v) is 4.21. The molecule has 0 spiro atoms. The molecule has 0 fully saturated rings. The van der Waals surface area contributed by atoms with E-state index < -0.39 is 0 Å². The highest BCUT2D eigenvalue weighted by atomic mass is 79.9. The molecule has 1 aromatic heterocycles. The van der Waals surface area contributed by atoms with E-state index in [2.05, 4.69) is 42.2 Å². The van der Waals surface area contributed by atoms with Crippen LogP contribution < -0.4 is 10.1 Å². The first kappa shape index (κ1) is 14.0. The smallest absolute Gasteiger partial charge is 0.134 e. The van der Waals surface area contributed by atoms with E-state index in [4.69, 9.17) is 4.74 Å². The maximum absolute atomic E-state index is 5.73. The molecule has 0 bridgehead atoms. The van der Waals surface area contributed by atoms with Crippen molar-refractivity contribution < 1.29 is 4.74 Å². The standard InChI is InChI=1S/C12H12Br2N2OS/c1-15-5-12-16-9(7-18-12)6-17-11-3-2-8(13)4-10(11)14/h2-4,7,15H,5-6H2,1H3. The van der Waals surface area contributed by atoms with Crippen LogP contribution in [0.5, 0.6) is 5.75 Å². The van der Waals surface area contributed by atoms with Gasteiger partial charge in [0.2, 0.25) is 0 Å². The molecule has 1 aromatic carbocycles. The molecule has 2 aromatic rings. The van der Waals surface area contributed by atoms with Gasteiger partial charge in [0.25, 0.3) is 0 Å². The average molecular weight is 392 g/mol. The molecule has 96 valence electrons. The Labute approximate surface area is 127 Å². The highest BCUT2D eigenvalue weighted by Crippen LogP contribution is 2.28. The van der Waals surface area contributed by atoms with E-state index in [-0.39, 0.29) is 0 Å². The zero-order valence-electron chi connectivity index (χ0n) is 9.74. The summed E-state index contributed by atoms with van der Waals surface area (Å²) in [6.07, 6.45) is 0. The van der Waals surface area contributed by atoms with Crippen LogP contribution in [0.25, 0.3) is 0 Å². The predicted octanol–water partition coefficient (Wildman–Crippen LogP) is 3.97. The minimum Gasteiger partial charge on any atom is -0.486 e. The molecule has 0 aliphatic carbocycles. The van der Waals surface area contributed by atoms with Gasteiger partial charge in [-0.25, -0.2) is 4.98 Å². The van der Waals surface area contributed by atoms with Gasteiger partial charge in [-0.1, -0.05) is 15.9 Å². The van der Waals surface area contributed by atoms with Crippen molar-refractivity contribution in [1.29, 1.82) is 0 Å². The van der Waals surface area contributed by atoms with Gasteiger partial charge in [-0.15, -0.1) is 11.3 Å². The fourth-order valence-corrected chi connectivity index (χ4v) is 3.34. The molecule has 3 nitrogen and oxygen atoms in total. The Hall–Kier alpha value is -0.430. The van der Waals surface area contributed by atoms with E-state index in [0.29, 0.717) is 6.61 Å². The molecule has 0 saturated carbocycles. The molecule has 1 N–H and O–H groups in total. The van der Waals surface area contributed by atoms with E-state index in [1.165, 1.54) is 0 Å². The molecular formula is C12H12Br2N2OS. The molecule has 0 aliphatic heterocycles. The van der Waals surface area contributed by atoms with Crippen molar-refractivity contribution in [2.24, 2.45) is 0 Å². The topological polar surface area (TPSA) is 34.2 Å². The molecular weight excluding hydrogens is 380 g/mol. The minimum atomic E-state index is 0.487. The first-order chi connectivity index (χ1) is 8.69. The number of nitrogens with zero attached hydrogens (tertiary/aromatic N) is 1. The van der Waals surface area contributed by atoms with Crippen LogP contribution >= 0.6 is 43.2 Å². The van der Waals surface area contributed by atoms with Gasteiger partial charge < -0.3 is 10.1 Å². The Kier molecular flexibility index (Phi) is 5.17. The van der Waals surface area contributed by atoms with Crippen molar-refractivity contribution in [1.82, 2.24) is 10.3 Å². The van der Waals surface area contributed by atoms with Crippen molar-refractivity contribution in [3.63, 3.8) is 0 Å². The Morgan fingerprint density at radius 3 is 2.94 bits per heavy atom. The fourth-order valence-electron chi connectivity index (χ4n) is 1.39. The zero-order chi connectivity index (χ0) is 13.0. The number of nitrogens with one attached hydrogen (secondary N) is 1. The second-order valence-electron chi connectivity index (χ2n) is 3.63. The fraction of sp³-hybridized carbons (Fsp3) is 0.250. The Morgan fingerprint density at radius 1 is 1.39 bits per heavy atom. The van der Waals surface area contributed by atoms with E-state index in [1.807, 2.05) is 30.6 Å². The molecule has 0 aliphatic rings. The van der Waals surface area contributed by atoms with E-state index in [0.717, 1.165) is 31.9 Å². The number of benzene rings is 1. The van der Waals surface area contributed by atoms with Crippen molar-refractivity contribution in [2.75, 3.05) is 7.05 Å². The summed E-state index contributed by atoms with van der Waals surface area (Å²) in [5, 5.41) is 6.18. The number of hydrogen-bond acceptors (Lipinski definition) is 4. The maximum Gasteiger partial charge on any atom is 0.134 e. The van der Waals surface area contributed by atoms with Crippen molar-refractivity contribution in [2.45, 2.75) is 13.2 Å². The highest BCUT2D eigenvalue weighted by Gasteiger charge is 2.05. The summed E-state index contributed by atoms with van der Waals surface area (Å²) in [5.41, 5.74) is 0.958. The molecule has 18 heavy (non-hydrogen) atoms. The van der Waals surface area contributed by atoms with Crippen LogP contribution in [0, 0.1) is 0 Å². The van der Waals surface area contributed by atoms with Gasteiger partial charge in [-0.3, -0.25) is 0 Å². The lowest BCUT2D eigenvalue weighted by Crippen LogP contribution is -2.05. The second-order valence-corrected chi connectivity index (χ2v) is 6.34. The monoisotopic (exact) mass is 390 g/mol. The molecule has 2 rings (SSSR count). The SMILES string of the molecule is CNCc1nc(COc2ccc(Br)cc2Br)cs1. The minimum absolute atomic E-state index is 0.487. The van der Waals surface area contributed by atoms with Gasteiger partial charge in [0.05, 0.1) is 10.2 Å². The van der Waals surface area contributed by atoms with Crippen LogP contribution in [0.2, 0.25) is 0 Å². The average Bonchev–Trinajstić information content (AvgIpc) is 2.76. The highest BCUT2D eigenvalue weighted by molar-refractivity contribution is 9.11. The lowest BCUT2D eigenvalue weighted by Gasteiger charge is -2.06. The lowest BCUT2D eigenvalue weighted by atomic mass is 10.3. The number of aromatic nitrogens is 1. The molecule has 0 unspecified atom stereocenters. The first-order valence-electron chi connectivity index (χ1n) is 5.35. The van der Waals surface area contributed by atoms with Gasteiger partial charge in [-0.05, 0) is 41.2 Å². The quantitative estimate of drug-likeness (QED) is 0.837. The van der Waals surface area contributed by atoms with Crippen LogP contribution in [0.15, 0.2) is 32.5 Å². The van der Waals surface area contributed by atoms with E-state index in [9.17, 15) is 0 Å². The van der Waals surface area contributed by atoms with Crippen LogP contribution in [0.4, 0.5) is 0 Å². The van der Waals surface area contributed by atoms with Crippen molar-refractivity contribution in [3.8, 4) is 5.75 Å². The molecule has 0 radical (unpaired) electrons. The van der Waals surface area contributed by atoms with E-state index >= 15 is 0 Å². The lowest BCUT2D eigenvalue weighted by molar-refractivity contribution is 0.300. The second kappa shape index (κ2) is 6.65. The van der Waals surface area contributed by atoms with Gasteiger partial charge in [0.15, 0.2) is 0 Å².